The quantitative estimate of drug-likeness (QED) is 0.493. The van der Waals surface area contributed by atoms with E-state index in [2.05, 4.69) is 17.2 Å². The van der Waals surface area contributed by atoms with Crippen LogP contribution < -0.4 is 5.84 Å². The van der Waals surface area contributed by atoms with E-state index in [4.69, 9.17) is 10.6 Å². The van der Waals surface area contributed by atoms with Gasteiger partial charge in [0.15, 0.2) is 0 Å². The molecule has 0 heterocycles. The van der Waals surface area contributed by atoms with Crippen LogP contribution in [-0.4, -0.2) is 12.3 Å². The molecule has 0 aromatic heterocycles. The van der Waals surface area contributed by atoms with E-state index in [1.165, 1.54) is 37.7 Å². The molecule has 1 fully saturated rings. The molecular formula is C14H20N2O. The van der Waals surface area contributed by atoms with Gasteiger partial charge in [0.25, 0.3) is 0 Å². The fourth-order valence-electron chi connectivity index (χ4n) is 2.30. The predicted octanol–water partition coefficient (Wildman–Crippen LogP) is 2.83. The Labute approximate surface area is 103 Å². The lowest BCUT2D eigenvalue weighted by Gasteiger charge is -2.22. The van der Waals surface area contributed by atoms with Crippen LogP contribution in [0.5, 0.6) is 0 Å². The summed E-state index contributed by atoms with van der Waals surface area (Å²) in [5.74, 6) is 5.14. The van der Waals surface area contributed by atoms with Gasteiger partial charge in [-0.15, -0.1) is 0 Å². The lowest BCUT2D eigenvalue weighted by Crippen LogP contribution is -2.16. The van der Waals surface area contributed by atoms with Gasteiger partial charge in [-0.2, -0.15) is 5.10 Å². The maximum absolute atomic E-state index is 5.93. The van der Waals surface area contributed by atoms with Crippen molar-refractivity contribution in [2.45, 2.75) is 44.8 Å². The molecule has 3 heteroatoms. The zero-order valence-corrected chi connectivity index (χ0v) is 10.1. The minimum absolute atomic E-state index is 0.454. The Balaban J connectivity index is 1.87. The number of rotatable bonds is 4. The Morgan fingerprint density at radius 1 is 1.29 bits per heavy atom. The van der Waals surface area contributed by atoms with Gasteiger partial charge in [-0.1, -0.05) is 37.5 Å². The van der Waals surface area contributed by atoms with E-state index in [9.17, 15) is 0 Å². The van der Waals surface area contributed by atoms with E-state index in [1.807, 2.05) is 12.1 Å². The molecule has 2 rings (SSSR count). The van der Waals surface area contributed by atoms with Crippen molar-refractivity contribution in [1.29, 1.82) is 0 Å². The summed E-state index contributed by atoms with van der Waals surface area (Å²) in [5, 5.41) is 3.53. The fraction of sp³-hybridized carbons (Fsp3) is 0.500. The van der Waals surface area contributed by atoms with E-state index in [0.29, 0.717) is 12.7 Å². The maximum atomic E-state index is 5.93. The second kappa shape index (κ2) is 6.40. The number of nitrogens with zero attached hydrogens (tertiary/aromatic N) is 1. The summed E-state index contributed by atoms with van der Waals surface area (Å²) in [6.07, 6.45) is 8.52. The van der Waals surface area contributed by atoms with Crippen LogP contribution in [0.2, 0.25) is 0 Å². The topological polar surface area (TPSA) is 47.6 Å². The van der Waals surface area contributed by atoms with Gasteiger partial charge < -0.3 is 10.6 Å². The Bertz CT molecular complexity index is 370. The highest BCUT2D eigenvalue weighted by Gasteiger charge is 2.13. The average molecular weight is 232 g/mol. The zero-order valence-electron chi connectivity index (χ0n) is 10.1. The molecule has 1 aromatic rings. The molecule has 92 valence electrons. The number of ether oxygens (including phenoxy) is 1. The van der Waals surface area contributed by atoms with Crippen LogP contribution in [0, 0.1) is 0 Å². The number of hydrazone groups is 1. The highest BCUT2D eigenvalue weighted by molar-refractivity contribution is 5.79. The number of benzene rings is 1. The fourth-order valence-corrected chi connectivity index (χ4v) is 2.30. The summed E-state index contributed by atoms with van der Waals surface area (Å²) in [7, 11) is 0. The molecule has 1 aliphatic rings. The molecule has 1 saturated carbocycles. The first-order chi connectivity index (χ1) is 8.38. The largest absolute Gasteiger partial charge is 0.374 e. The van der Waals surface area contributed by atoms with Crippen molar-refractivity contribution in [3.63, 3.8) is 0 Å². The van der Waals surface area contributed by atoms with Crippen molar-refractivity contribution in [2.75, 3.05) is 0 Å². The van der Waals surface area contributed by atoms with Crippen molar-refractivity contribution >= 4 is 6.21 Å². The summed E-state index contributed by atoms with van der Waals surface area (Å²) in [6, 6.07) is 8.15. The first-order valence-electron chi connectivity index (χ1n) is 6.32. The van der Waals surface area contributed by atoms with Crippen molar-refractivity contribution < 1.29 is 4.74 Å². The molecule has 0 atom stereocenters. The summed E-state index contributed by atoms with van der Waals surface area (Å²) in [6.45, 7) is 0.691. The monoisotopic (exact) mass is 232 g/mol. The third-order valence-corrected chi connectivity index (χ3v) is 3.21. The van der Waals surface area contributed by atoms with Crippen molar-refractivity contribution in [2.24, 2.45) is 10.9 Å². The number of hydrogen-bond donors (Lipinski definition) is 1. The molecular weight excluding hydrogens is 212 g/mol. The van der Waals surface area contributed by atoms with Crippen LogP contribution in [0.1, 0.15) is 43.2 Å². The molecule has 0 radical (unpaired) electrons. The van der Waals surface area contributed by atoms with Gasteiger partial charge in [-0.3, -0.25) is 0 Å². The average Bonchev–Trinajstić information content (AvgIpc) is 2.39. The zero-order chi connectivity index (χ0) is 11.9. The standard InChI is InChI=1S/C14H20N2O/c15-16-10-12-5-4-6-13(9-12)11-17-14-7-2-1-3-8-14/h4-6,9-10,14H,1-3,7-8,11,15H2. The predicted molar refractivity (Wildman–Crippen MR) is 69.9 cm³/mol. The highest BCUT2D eigenvalue weighted by atomic mass is 16.5. The summed E-state index contributed by atoms with van der Waals surface area (Å²) >= 11 is 0. The van der Waals surface area contributed by atoms with Gasteiger partial charge in [0.05, 0.1) is 18.9 Å². The van der Waals surface area contributed by atoms with E-state index >= 15 is 0 Å². The van der Waals surface area contributed by atoms with Gasteiger partial charge in [-0.25, -0.2) is 0 Å². The maximum Gasteiger partial charge on any atom is 0.0720 e. The van der Waals surface area contributed by atoms with Gasteiger partial charge in [0, 0.05) is 0 Å². The lowest BCUT2D eigenvalue weighted by molar-refractivity contribution is 0.0169. The van der Waals surface area contributed by atoms with E-state index in [0.717, 1.165) is 5.56 Å². The van der Waals surface area contributed by atoms with Crippen LogP contribution >= 0.6 is 0 Å². The van der Waals surface area contributed by atoms with E-state index < -0.39 is 0 Å². The van der Waals surface area contributed by atoms with Crippen molar-refractivity contribution in [3.05, 3.63) is 35.4 Å². The molecule has 2 N–H and O–H groups in total. The van der Waals surface area contributed by atoms with Crippen LogP contribution in [-0.2, 0) is 11.3 Å². The van der Waals surface area contributed by atoms with Crippen LogP contribution in [0.3, 0.4) is 0 Å². The third kappa shape index (κ3) is 3.86. The SMILES string of the molecule is NN=Cc1cccc(COC2CCCCC2)c1. The molecule has 17 heavy (non-hydrogen) atoms. The third-order valence-electron chi connectivity index (χ3n) is 3.21. The Hall–Kier alpha value is -1.35. The second-order valence-corrected chi connectivity index (χ2v) is 4.59. The molecule has 3 nitrogen and oxygen atoms in total. The highest BCUT2D eigenvalue weighted by Crippen LogP contribution is 2.21. The van der Waals surface area contributed by atoms with Gasteiger partial charge in [0.2, 0.25) is 0 Å². The van der Waals surface area contributed by atoms with Crippen molar-refractivity contribution in [3.8, 4) is 0 Å². The van der Waals surface area contributed by atoms with Gasteiger partial charge >= 0.3 is 0 Å². The molecule has 1 aromatic carbocycles. The minimum atomic E-state index is 0.454. The van der Waals surface area contributed by atoms with Crippen LogP contribution in [0.25, 0.3) is 0 Å². The Kier molecular flexibility index (Phi) is 4.56. The van der Waals surface area contributed by atoms with Crippen LogP contribution in [0.15, 0.2) is 29.4 Å². The molecule has 0 spiro atoms. The molecule has 0 bridgehead atoms. The van der Waals surface area contributed by atoms with Crippen LogP contribution in [0.4, 0.5) is 0 Å². The Morgan fingerprint density at radius 3 is 2.88 bits per heavy atom. The van der Waals surface area contributed by atoms with Gasteiger partial charge in [0.1, 0.15) is 0 Å². The smallest absolute Gasteiger partial charge is 0.0720 e. The summed E-state index contributed by atoms with van der Waals surface area (Å²) in [4.78, 5) is 0. The summed E-state index contributed by atoms with van der Waals surface area (Å²) in [5.41, 5.74) is 2.21. The molecule has 1 aliphatic carbocycles. The molecule has 0 amide bonds. The minimum Gasteiger partial charge on any atom is -0.374 e. The molecule has 0 saturated heterocycles. The number of hydrogen-bond acceptors (Lipinski definition) is 3. The van der Waals surface area contributed by atoms with E-state index in [-0.39, 0.29) is 0 Å². The second-order valence-electron chi connectivity index (χ2n) is 4.59. The first kappa shape index (κ1) is 12.1. The normalized spacial score (nSPS) is 17.6. The summed E-state index contributed by atoms with van der Waals surface area (Å²) < 4.78 is 5.93. The molecule has 0 aliphatic heterocycles. The van der Waals surface area contributed by atoms with Gasteiger partial charge in [-0.05, 0) is 30.0 Å². The lowest BCUT2D eigenvalue weighted by atomic mass is 9.98. The number of nitrogens with two attached hydrogens (primary N) is 1. The van der Waals surface area contributed by atoms with Crippen molar-refractivity contribution in [1.82, 2.24) is 0 Å². The molecule has 0 unspecified atom stereocenters. The Morgan fingerprint density at radius 2 is 2.12 bits per heavy atom. The van der Waals surface area contributed by atoms with E-state index in [1.54, 1.807) is 6.21 Å². The first-order valence-corrected chi connectivity index (χ1v) is 6.32.